The van der Waals surface area contributed by atoms with Gasteiger partial charge in [-0.15, -0.1) is 11.3 Å². The smallest absolute Gasteiger partial charge is 0.265 e. The molecule has 2 rings (SSSR count). The Labute approximate surface area is 113 Å². The summed E-state index contributed by atoms with van der Waals surface area (Å²) >= 11 is 1.51. The largest absolute Gasteiger partial charge is 0.290 e. The zero-order valence-corrected chi connectivity index (χ0v) is 10.7. The Bertz CT molecular complexity index is 576. The molecule has 6 N–H and O–H groups in total. The van der Waals surface area contributed by atoms with Crippen LogP contribution in [0.3, 0.4) is 0 Å². The van der Waals surface area contributed by atoms with Gasteiger partial charge in [0.1, 0.15) is 0 Å². The second-order valence-electron chi connectivity index (χ2n) is 3.72. The number of nitrogens with one attached hydrogen (secondary N) is 2. The third-order valence-corrected chi connectivity index (χ3v) is 3.44. The molecule has 1 heterocycles. The summed E-state index contributed by atoms with van der Waals surface area (Å²) in [6.07, 6.45) is 0. The average Bonchev–Trinajstić information content (AvgIpc) is 2.99. The van der Waals surface area contributed by atoms with Crippen molar-refractivity contribution in [1.29, 1.82) is 0 Å². The number of benzene rings is 1. The summed E-state index contributed by atoms with van der Waals surface area (Å²) in [4.78, 5) is 24.1. The number of thiophene rings is 1. The molecular formula is C12H12N4O2S. The molecule has 0 aliphatic carbocycles. The molecule has 7 heteroatoms. The molecule has 0 aliphatic rings. The standard InChI is InChI=1S/C12H12N4O2S/c13-15-11(17)8-4-7(10-2-1-3-19-10)5-9(6-8)12(18)16-14/h1-6H,13-14H2,(H,15,17)(H,16,18). The van der Waals surface area contributed by atoms with Crippen LogP contribution in [-0.4, -0.2) is 11.8 Å². The molecule has 0 saturated carbocycles. The van der Waals surface area contributed by atoms with Gasteiger partial charge in [-0.25, -0.2) is 11.7 Å². The number of hydrogen-bond donors (Lipinski definition) is 4. The molecule has 2 amide bonds. The summed E-state index contributed by atoms with van der Waals surface area (Å²) in [6, 6.07) is 8.55. The SMILES string of the molecule is NNC(=O)c1cc(C(=O)NN)cc(-c2cccs2)c1. The molecule has 0 fully saturated rings. The minimum Gasteiger partial charge on any atom is -0.290 e. The zero-order chi connectivity index (χ0) is 13.8. The number of carbonyl (C=O) groups is 2. The Morgan fingerprint density at radius 1 is 1.00 bits per heavy atom. The molecule has 19 heavy (non-hydrogen) atoms. The molecule has 0 radical (unpaired) electrons. The van der Waals surface area contributed by atoms with E-state index in [1.165, 1.54) is 17.4 Å². The van der Waals surface area contributed by atoms with Crippen LogP contribution in [0, 0.1) is 0 Å². The van der Waals surface area contributed by atoms with Crippen molar-refractivity contribution < 1.29 is 9.59 Å². The highest BCUT2D eigenvalue weighted by Crippen LogP contribution is 2.26. The lowest BCUT2D eigenvalue weighted by Crippen LogP contribution is -2.32. The van der Waals surface area contributed by atoms with Crippen LogP contribution in [0.15, 0.2) is 35.7 Å². The fourth-order valence-electron chi connectivity index (χ4n) is 1.64. The highest BCUT2D eigenvalue weighted by atomic mass is 32.1. The molecule has 0 saturated heterocycles. The fraction of sp³-hybridized carbons (Fsp3) is 0. The third-order valence-electron chi connectivity index (χ3n) is 2.53. The van der Waals surface area contributed by atoms with Crippen LogP contribution in [0.2, 0.25) is 0 Å². The summed E-state index contributed by atoms with van der Waals surface area (Å²) in [5.74, 6) is 9.28. The van der Waals surface area contributed by atoms with Crippen molar-refractivity contribution in [3.8, 4) is 10.4 Å². The molecule has 1 aromatic carbocycles. The molecule has 0 atom stereocenters. The highest BCUT2D eigenvalue weighted by molar-refractivity contribution is 7.13. The fourth-order valence-corrected chi connectivity index (χ4v) is 2.36. The number of nitrogens with two attached hydrogens (primary N) is 2. The van der Waals surface area contributed by atoms with E-state index in [1.807, 2.05) is 28.4 Å². The van der Waals surface area contributed by atoms with Gasteiger partial charge in [0.25, 0.3) is 11.8 Å². The quantitative estimate of drug-likeness (QED) is 0.374. The first kappa shape index (κ1) is 13.2. The maximum Gasteiger partial charge on any atom is 0.265 e. The van der Waals surface area contributed by atoms with E-state index in [0.717, 1.165) is 10.4 Å². The van der Waals surface area contributed by atoms with Crippen LogP contribution in [0.1, 0.15) is 20.7 Å². The van der Waals surface area contributed by atoms with E-state index >= 15 is 0 Å². The Morgan fingerprint density at radius 2 is 1.58 bits per heavy atom. The monoisotopic (exact) mass is 276 g/mol. The van der Waals surface area contributed by atoms with E-state index in [-0.39, 0.29) is 0 Å². The van der Waals surface area contributed by atoms with E-state index < -0.39 is 11.8 Å². The molecule has 98 valence electrons. The Morgan fingerprint density at radius 3 is 2.00 bits per heavy atom. The second kappa shape index (κ2) is 5.61. The molecule has 1 aromatic heterocycles. The number of carbonyl (C=O) groups excluding carboxylic acids is 2. The summed E-state index contributed by atoms with van der Waals surface area (Å²) in [6.45, 7) is 0. The predicted molar refractivity (Wildman–Crippen MR) is 73.1 cm³/mol. The van der Waals surface area contributed by atoms with Gasteiger partial charge in [0.2, 0.25) is 0 Å². The van der Waals surface area contributed by atoms with Gasteiger partial charge in [0.05, 0.1) is 0 Å². The number of hydrogen-bond acceptors (Lipinski definition) is 5. The number of rotatable bonds is 3. The summed E-state index contributed by atoms with van der Waals surface area (Å²) in [5.41, 5.74) is 5.43. The molecule has 0 aliphatic heterocycles. The maximum absolute atomic E-state index is 11.6. The van der Waals surface area contributed by atoms with E-state index in [4.69, 9.17) is 11.7 Å². The first-order valence-electron chi connectivity index (χ1n) is 5.36. The van der Waals surface area contributed by atoms with Crippen LogP contribution in [0.5, 0.6) is 0 Å². The van der Waals surface area contributed by atoms with Gasteiger partial charge in [-0.2, -0.15) is 0 Å². The van der Waals surface area contributed by atoms with Crippen molar-refractivity contribution in [3.05, 3.63) is 46.8 Å². The van der Waals surface area contributed by atoms with Gasteiger partial charge < -0.3 is 0 Å². The van der Waals surface area contributed by atoms with Gasteiger partial charge in [-0.05, 0) is 35.2 Å². The van der Waals surface area contributed by atoms with Gasteiger partial charge >= 0.3 is 0 Å². The van der Waals surface area contributed by atoms with E-state index in [1.54, 1.807) is 12.1 Å². The van der Waals surface area contributed by atoms with Gasteiger partial charge in [0, 0.05) is 16.0 Å². The minimum absolute atomic E-state index is 0.298. The zero-order valence-electron chi connectivity index (χ0n) is 9.84. The van der Waals surface area contributed by atoms with Crippen molar-refractivity contribution in [2.45, 2.75) is 0 Å². The van der Waals surface area contributed by atoms with Crippen LogP contribution in [0.4, 0.5) is 0 Å². The van der Waals surface area contributed by atoms with Crippen molar-refractivity contribution in [2.24, 2.45) is 11.7 Å². The number of hydrazine groups is 2. The predicted octanol–water partition coefficient (Wildman–Crippen LogP) is 0.622. The number of amides is 2. The van der Waals surface area contributed by atoms with Crippen molar-refractivity contribution in [2.75, 3.05) is 0 Å². The van der Waals surface area contributed by atoms with Crippen LogP contribution in [0.25, 0.3) is 10.4 Å². The van der Waals surface area contributed by atoms with Crippen LogP contribution in [-0.2, 0) is 0 Å². The summed E-state index contributed by atoms with van der Waals surface area (Å²) in [7, 11) is 0. The highest BCUT2D eigenvalue weighted by Gasteiger charge is 2.13. The normalized spacial score (nSPS) is 10.0. The topological polar surface area (TPSA) is 110 Å². The number of nitrogen functional groups attached to an aromatic ring is 2. The van der Waals surface area contributed by atoms with Crippen LogP contribution >= 0.6 is 11.3 Å². The average molecular weight is 276 g/mol. The lowest BCUT2D eigenvalue weighted by Gasteiger charge is -2.07. The van der Waals surface area contributed by atoms with Crippen molar-refractivity contribution >= 4 is 23.2 Å². The van der Waals surface area contributed by atoms with Crippen molar-refractivity contribution in [3.63, 3.8) is 0 Å². The molecule has 0 unspecified atom stereocenters. The summed E-state index contributed by atoms with van der Waals surface area (Å²) < 4.78 is 0. The first-order valence-corrected chi connectivity index (χ1v) is 6.24. The Balaban J connectivity index is 2.55. The molecule has 2 aromatic rings. The third kappa shape index (κ3) is 2.79. The van der Waals surface area contributed by atoms with Crippen molar-refractivity contribution in [1.82, 2.24) is 10.9 Å². The first-order chi connectivity index (χ1) is 9.15. The lowest BCUT2D eigenvalue weighted by molar-refractivity contribution is 0.0953. The van der Waals surface area contributed by atoms with E-state index in [0.29, 0.717) is 11.1 Å². The Hall–Kier alpha value is -2.22. The molecule has 0 spiro atoms. The molecule has 6 nitrogen and oxygen atoms in total. The maximum atomic E-state index is 11.6. The lowest BCUT2D eigenvalue weighted by atomic mass is 10.0. The van der Waals surface area contributed by atoms with Crippen LogP contribution < -0.4 is 22.5 Å². The van der Waals surface area contributed by atoms with Gasteiger partial charge in [0.15, 0.2) is 0 Å². The van der Waals surface area contributed by atoms with E-state index in [2.05, 4.69) is 0 Å². The summed E-state index contributed by atoms with van der Waals surface area (Å²) in [5, 5.41) is 1.91. The Kier molecular flexibility index (Phi) is 3.91. The molecule has 0 bridgehead atoms. The van der Waals surface area contributed by atoms with E-state index in [9.17, 15) is 9.59 Å². The van der Waals surface area contributed by atoms with Gasteiger partial charge in [-0.3, -0.25) is 20.4 Å². The minimum atomic E-state index is -0.468. The van der Waals surface area contributed by atoms with Gasteiger partial charge in [-0.1, -0.05) is 6.07 Å². The molecular weight excluding hydrogens is 264 g/mol. The second-order valence-corrected chi connectivity index (χ2v) is 4.67.